The van der Waals surface area contributed by atoms with Crippen molar-refractivity contribution in [2.75, 3.05) is 13.6 Å². The molecule has 18 heavy (non-hydrogen) atoms. The van der Waals surface area contributed by atoms with Crippen LogP contribution in [0.4, 0.5) is 0 Å². The van der Waals surface area contributed by atoms with E-state index >= 15 is 0 Å². The molecule has 0 radical (unpaired) electrons. The first kappa shape index (κ1) is 16.6. The SMILES string of the molecule is CC(C)CC(C)N(C)C(CN)c1cc(Br)c(Br)s1. The van der Waals surface area contributed by atoms with Gasteiger partial charge in [-0.2, -0.15) is 0 Å². The second-order valence-electron chi connectivity index (χ2n) is 5.17. The predicted molar refractivity (Wildman–Crippen MR) is 88.2 cm³/mol. The molecule has 0 aliphatic heterocycles. The van der Waals surface area contributed by atoms with Crippen LogP contribution in [0.1, 0.15) is 38.1 Å². The van der Waals surface area contributed by atoms with Crippen molar-refractivity contribution in [3.63, 3.8) is 0 Å². The summed E-state index contributed by atoms with van der Waals surface area (Å²) in [5.74, 6) is 0.711. The topological polar surface area (TPSA) is 29.3 Å². The number of halogens is 2. The second kappa shape index (κ2) is 7.39. The van der Waals surface area contributed by atoms with Crippen molar-refractivity contribution in [3.8, 4) is 0 Å². The molecule has 1 heterocycles. The predicted octanol–water partition coefficient (Wildman–Crippen LogP) is 4.64. The molecule has 1 rings (SSSR count). The summed E-state index contributed by atoms with van der Waals surface area (Å²) in [5, 5.41) is 0. The monoisotopic (exact) mass is 396 g/mol. The van der Waals surface area contributed by atoms with Gasteiger partial charge in [-0.05, 0) is 64.2 Å². The molecule has 0 spiro atoms. The molecule has 2 atom stereocenters. The molecule has 1 aromatic heterocycles. The van der Waals surface area contributed by atoms with Gasteiger partial charge in [-0.1, -0.05) is 13.8 Å². The Balaban J connectivity index is 2.82. The summed E-state index contributed by atoms with van der Waals surface area (Å²) < 4.78 is 2.26. The molecule has 0 bridgehead atoms. The standard InChI is InChI=1S/C13H22Br2N2S/c1-8(2)5-9(3)17(4)11(7-16)12-6-10(14)13(15)18-12/h6,8-9,11H,5,7,16H2,1-4H3. The van der Waals surface area contributed by atoms with Gasteiger partial charge >= 0.3 is 0 Å². The molecule has 0 fully saturated rings. The Bertz CT molecular complexity index is 360. The maximum absolute atomic E-state index is 5.97. The lowest BCUT2D eigenvalue weighted by molar-refractivity contribution is 0.171. The summed E-state index contributed by atoms with van der Waals surface area (Å²) in [5.41, 5.74) is 5.97. The van der Waals surface area contributed by atoms with Crippen molar-refractivity contribution in [1.29, 1.82) is 0 Å². The van der Waals surface area contributed by atoms with Crippen LogP contribution in [0, 0.1) is 5.92 Å². The average molecular weight is 398 g/mol. The second-order valence-corrected chi connectivity index (χ2v) is 8.42. The lowest BCUT2D eigenvalue weighted by Gasteiger charge is -2.32. The van der Waals surface area contributed by atoms with Gasteiger partial charge in [0.1, 0.15) is 0 Å². The molecule has 5 heteroatoms. The van der Waals surface area contributed by atoms with Crippen LogP contribution in [0.15, 0.2) is 14.3 Å². The third-order valence-corrected chi connectivity index (χ3v) is 6.57. The fraction of sp³-hybridized carbons (Fsp3) is 0.692. The highest BCUT2D eigenvalue weighted by Gasteiger charge is 2.23. The normalized spacial score (nSPS) is 15.4. The van der Waals surface area contributed by atoms with Crippen molar-refractivity contribution < 1.29 is 0 Å². The average Bonchev–Trinajstić information content (AvgIpc) is 2.58. The summed E-state index contributed by atoms with van der Waals surface area (Å²) in [7, 11) is 2.17. The van der Waals surface area contributed by atoms with Gasteiger partial charge in [-0.3, -0.25) is 4.90 Å². The van der Waals surface area contributed by atoms with Crippen molar-refractivity contribution in [3.05, 3.63) is 19.2 Å². The highest BCUT2D eigenvalue weighted by molar-refractivity contribution is 9.13. The minimum atomic E-state index is 0.298. The highest BCUT2D eigenvalue weighted by Crippen LogP contribution is 2.37. The zero-order valence-electron chi connectivity index (χ0n) is 11.4. The largest absolute Gasteiger partial charge is 0.329 e. The molecule has 2 unspecified atom stereocenters. The molecule has 0 aliphatic carbocycles. The van der Waals surface area contributed by atoms with E-state index in [0.29, 0.717) is 24.5 Å². The molecule has 1 aromatic rings. The van der Waals surface area contributed by atoms with Crippen LogP contribution >= 0.6 is 43.2 Å². The van der Waals surface area contributed by atoms with Crippen LogP contribution in [0.25, 0.3) is 0 Å². The van der Waals surface area contributed by atoms with E-state index in [-0.39, 0.29) is 0 Å². The number of rotatable bonds is 6. The number of thiophene rings is 1. The number of likely N-dealkylation sites (N-methyl/N-ethyl adjacent to an activating group) is 1. The van der Waals surface area contributed by atoms with Gasteiger partial charge in [0.15, 0.2) is 0 Å². The summed E-state index contributed by atoms with van der Waals surface area (Å²) in [6, 6.07) is 3.01. The van der Waals surface area contributed by atoms with Gasteiger partial charge in [0.2, 0.25) is 0 Å². The summed E-state index contributed by atoms with van der Waals surface area (Å²) in [4.78, 5) is 3.71. The fourth-order valence-electron chi connectivity index (χ4n) is 2.17. The van der Waals surface area contributed by atoms with E-state index in [1.165, 1.54) is 11.3 Å². The molecule has 2 N–H and O–H groups in total. The summed E-state index contributed by atoms with van der Waals surface area (Å²) in [6.07, 6.45) is 1.20. The molecule has 0 aliphatic rings. The van der Waals surface area contributed by atoms with Crippen LogP contribution in [0.5, 0.6) is 0 Å². The maximum Gasteiger partial charge on any atom is 0.0843 e. The zero-order chi connectivity index (χ0) is 13.9. The highest BCUT2D eigenvalue weighted by atomic mass is 79.9. The quantitative estimate of drug-likeness (QED) is 0.757. The van der Waals surface area contributed by atoms with E-state index in [1.807, 2.05) is 0 Å². The Morgan fingerprint density at radius 3 is 2.33 bits per heavy atom. The Morgan fingerprint density at radius 2 is 1.94 bits per heavy atom. The van der Waals surface area contributed by atoms with Crippen LogP contribution in [-0.2, 0) is 0 Å². The Kier molecular flexibility index (Phi) is 6.83. The lowest BCUT2D eigenvalue weighted by atomic mass is 10.0. The van der Waals surface area contributed by atoms with Crippen molar-refractivity contribution in [1.82, 2.24) is 4.90 Å². The number of hydrogen-bond acceptors (Lipinski definition) is 3. The Labute approximate surface area is 131 Å². The van der Waals surface area contributed by atoms with E-state index in [0.717, 1.165) is 8.26 Å². The maximum atomic E-state index is 5.97. The van der Waals surface area contributed by atoms with E-state index in [2.05, 4.69) is 70.6 Å². The van der Waals surface area contributed by atoms with Gasteiger partial charge < -0.3 is 5.73 Å². The Morgan fingerprint density at radius 1 is 1.33 bits per heavy atom. The summed E-state index contributed by atoms with van der Waals surface area (Å²) >= 11 is 8.86. The first-order chi connectivity index (χ1) is 8.36. The third kappa shape index (κ3) is 4.30. The molecule has 0 amide bonds. The van der Waals surface area contributed by atoms with Gasteiger partial charge in [0, 0.05) is 21.9 Å². The molecular weight excluding hydrogens is 376 g/mol. The van der Waals surface area contributed by atoms with Gasteiger partial charge in [0.05, 0.1) is 9.83 Å². The first-order valence-electron chi connectivity index (χ1n) is 6.23. The third-order valence-electron chi connectivity index (χ3n) is 3.22. The summed E-state index contributed by atoms with van der Waals surface area (Å²) in [6.45, 7) is 7.46. The van der Waals surface area contributed by atoms with E-state index < -0.39 is 0 Å². The van der Waals surface area contributed by atoms with Crippen LogP contribution in [-0.4, -0.2) is 24.5 Å². The van der Waals surface area contributed by atoms with Gasteiger partial charge in [-0.25, -0.2) is 0 Å². The molecule has 0 saturated carbocycles. The molecule has 2 nitrogen and oxygen atoms in total. The molecular formula is C13H22Br2N2S. The van der Waals surface area contributed by atoms with Crippen molar-refractivity contribution in [2.45, 2.75) is 39.3 Å². The Hall–Kier alpha value is 0.580. The smallest absolute Gasteiger partial charge is 0.0843 e. The van der Waals surface area contributed by atoms with Crippen molar-refractivity contribution in [2.24, 2.45) is 11.7 Å². The zero-order valence-corrected chi connectivity index (χ0v) is 15.4. The molecule has 104 valence electrons. The molecule has 0 aromatic carbocycles. The van der Waals surface area contributed by atoms with Crippen molar-refractivity contribution >= 4 is 43.2 Å². The number of nitrogens with zero attached hydrogens (tertiary/aromatic N) is 1. The minimum absolute atomic E-state index is 0.298. The van der Waals surface area contributed by atoms with Crippen LogP contribution in [0.3, 0.4) is 0 Å². The van der Waals surface area contributed by atoms with E-state index in [4.69, 9.17) is 5.73 Å². The lowest BCUT2D eigenvalue weighted by Crippen LogP contribution is -2.37. The number of hydrogen-bond donors (Lipinski definition) is 1. The van der Waals surface area contributed by atoms with Gasteiger partial charge in [0.25, 0.3) is 0 Å². The van der Waals surface area contributed by atoms with Crippen LogP contribution in [0.2, 0.25) is 0 Å². The van der Waals surface area contributed by atoms with Gasteiger partial charge in [-0.15, -0.1) is 11.3 Å². The first-order valence-corrected chi connectivity index (χ1v) is 8.63. The molecule has 0 saturated heterocycles. The van der Waals surface area contributed by atoms with E-state index in [9.17, 15) is 0 Å². The van der Waals surface area contributed by atoms with Crippen LogP contribution < -0.4 is 5.73 Å². The number of nitrogens with two attached hydrogens (primary N) is 1. The van der Waals surface area contributed by atoms with E-state index in [1.54, 1.807) is 11.3 Å². The fourth-order valence-corrected chi connectivity index (χ4v) is 4.42. The minimum Gasteiger partial charge on any atom is -0.329 e.